The SMILES string of the molecule is CCOc1c(Cl)cc(C(=O)N(C)C)cc1OC. The van der Waals surface area contributed by atoms with Gasteiger partial charge in [0.15, 0.2) is 11.5 Å². The highest BCUT2D eigenvalue weighted by Crippen LogP contribution is 2.36. The average Bonchev–Trinajstić information content (AvgIpc) is 2.30. The number of nitrogens with zero attached hydrogens (tertiary/aromatic N) is 1. The molecule has 0 heterocycles. The van der Waals surface area contributed by atoms with Crippen molar-refractivity contribution in [3.8, 4) is 11.5 Å². The van der Waals surface area contributed by atoms with E-state index >= 15 is 0 Å². The lowest BCUT2D eigenvalue weighted by Crippen LogP contribution is -2.21. The Balaban J connectivity index is 3.22. The van der Waals surface area contributed by atoms with E-state index in [0.717, 1.165) is 0 Å². The summed E-state index contributed by atoms with van der Waals surface area (Å²) in [6.07, 6.45) is 0. The van der Waals surface area contributed by atoms with Crippen LogP contribution in [0.2, 0.25) is 5.02 Å². The standard InChI is InChI=1S/C12H16ClNO3/c1-5-17-11-9(13)6-8(7-10(11)16-4)12(15)14(2)3/h6-7H,5H2,1-4H3. The molecule has 17 heavy (non-hydrogen) atoms. The van der Waals surface area contributed by atoms with Crippen molar-refractivity contribution < 1.29 is 14.3 Å². The summed E-state index contributed by atoms with van der Waals surface area (Å²) in [7, 11) is 4.87. The van der Waals surface area contributed by atoms with Crippen LogP contribution >= 0.6 is 11.6 Å². The lowest BCUT2D eigenvalue weighted by atomic mass is 10.2. The first-order valence-corrected chi connectivity index (χ1v) is 5.61. The largest absolute Gasteiger partial charge is 0.493 e. The monoisotopic (exact) mass is 257 g/mol. The van der Waals surface area contributed by atoms with Crippen LogP contribution in [-0.2, 0) is 0 Å². The predicted octanol–water partition coefficient (Wildman–Crippen LogP) is 2.45. The Kier molecular flexibility index (Phi) is 4.63. The molecule has 0 spiro atoms. The molecule has 0 atom stereocenters. The molecule has 0 aliphatic carbocycles. The number of ether oxygens (including phenoxy) is 2. The first-order chi connectivity index (χ1) is 8.01. The fourth-order valence-electron chi connectivity index (χ4n) is 1.39. The first kappa shape index (κ1) is 13.6. The number of methoxy groups -OCH3 is 1. The number of halogens is 1. The van der Waals surface area contributed by atoms with E-state index in [1.807, 2.05) is 6.92 Å². The molecule has 0 saturated heterocycles. The number of rotatable bonds is 4. The van der Waals surface area contributed by atoms with E-state index in [9.17, 15) is 4.79 Å². The lowest BCUT2D eigenvalue weighted by Gasteiger charge is -2.15. The van der Waals surface area contributed by atoms with Crippen molar-refractivity contribution in [3.63, 3.8) is 0 Å². The minimum Gasteiger partial charge on any atom is -0.493 e. The van der Waals surface area contributed by atoms with Gasteiger partial charge in [-0.2, -0.15) is 0 Å². The van der Waals surface area contributed by atoms with E-state index in [2.05, 4.69) is 0 Å². The second kappa shape index (κ2) is 5.77. The molecule has 0 fully saturated rings. The molecule has 0 aromatic heterocycles. The second-order valence-corrected chi connectivity index (χ2v) is 4.03. The molecule has 0 saturated carbocycles. The van der Waals surface area contributed by atoms with Crippen molar-refractivity contribution in [3.05, 3.63) is 22.7 Å². The summed E-state index contributed by atoms with van der Waals surface area (Å²) in [6.45, 7) is 2.34. The Hall–Kier alpha value is -1.42. The molecule has 1 aromatic rings. The molecule has 0 aliphatic heterocycles. The maximum atomic E-state index is 11.8. The number of carbonyl (C=O) groups excluding carboxylic acids is 1. The van der Waals surface area contributed by atoms with Gasteiger partial charge in [0.1, 0.15) is 0 Å². The average molecular weight is 258 g/mol. The van der Waals surface area contributed by atoms with Crippen molar-refractivity contribution in [2.24, 2.45) is 0 Å². The van der Waals surface area contributed by atoms with E-state index in [1.54, 1.807) is 26.2 Å². The molecule has 5 heteroatoms. The van der Waals surface area contributed by atoms with E-state index in [-0.39, 0.29) is 5.91 Å². The van der Waals surface area contributed by atoms with E-state index in [0.29, 0.717) is 28.7 Å². The van der Waals surface area contributed by atoms with Gasteiger partial charge in [-0.25, -0.2) is 0 Å². The second-order valence-electron chi connectivity index (χ2n) is 3.62. The quantitative estimate of drug-likeness (QED) is 0.832. The van der Waals surface area contributed by atoms with Gasteiger partial charge in [0, 0.05) is 19.7 Å². The van der Waals surface area contributed by atoms with Gasteiger partial charge >= 0.3 is 0 Å². The zero-order chi connectivity index (χ0) is 13.0. The summed E-state index contributed by atoms with van der Waals surface area (Å²) in [4.78, 5) is 13.3. The zero-order valence-corrected chi connectivity index (χ0v) is 11.2. The van der Waals surface area contributed by atoms with Crippen LogP contribution in [-0.4, -0.2) is 38.6 Å². The van der Waals surface area contributed by atoms with Crippen LogP contribution in [0.1, 0.15) is 17.3 Å². The van der Waals surface area contributed by atoms with Crippen molar-refractivity contribution in [1.29, 1.82) is 0 Å². The van der Waals surface area contributed by atoms with E-state index in [1.165, 1.54) is 12.0 Å². The van der Waals surface area contributed by atoms with Crippen LogP contribution in [0.4, 0.5) is 0 Å². The zero-order valence-electron chi connectivity index (χ0n) is 10.4. The smallest absolute Gasteiger partial charge is 0.253 e. The van der Waals surface area contributed by atoms with Gasteiger partial charge in [0.2, 0.25) is 0 Å². The molecule has 1 aromatic carbocycles. The lowest BCUT2D eigenvalue weighted by molar-refractivity contribution is 0.0827. The molecule has 1 amide bonds. The van der Waals surface area contributed by atoms with Crippen LogP contribution in [0.5, 0.6) is 11.5 Å². The Morgan fingerprint density at radius 3 is 2.53 bits per heavy atom. The molecule has 4 nitrogen and oxygen atoms in total. The van der Waals surface area contributed by atoms with Crippen LogP contribution in [0.3, 0.4) is 0 Å². The maximum Gasteiger partial charge on any atom is 0.253 e. The van der Waals surface area contributed by atoms with Gasteiger partial charge in [-0.05, 0) is 19.1 Å². The van der Waals surface area contributed by atoms with Crippen LogP contribution in [0, 0.1) is 0 Å². The number of amides is 1. The van der Waals surface area contributed by atoms with Crippen LogP contribution in [0.15, 0.2) is 12.1 Å². The third kappa shape index (κ3) is 3.03. The summed E-state index contributed by atoms with van der Waals surface area (Å²) in [5.74, 6) is 0.796. The first-order valence-electron chi connectivity index (χ1n) is 5.23. The fourth-order valence-corrected chi connectivity index (χ4v) is 1.65. The van der Waals surface area contributed by atoms with E-state index < -0.39 is 0 Å². The van der Waals surface area contributed by atoms with Gasteiger partial charge in [0.05, 0.1) is 18.7 Å². The number of hydrogen-bond acceptors (Lipinski definition) is 3. The highest BCUT2D eigenvalue weighted by molar-refractivity contribution is 6.32. The van der Waals surface area contributed by atoms with Crippen molar-refractivity contribution in [1.82, 2.24) is 4.90 Å². The molecule has 0 unspecified atom stereocenters. The minimum atomic E-state index is -0.131. The fraction of sp³-hybridized carbons (Fsp3) is 0.417. The summed E-state index contributed by atoms with van der Waals surface area (Å²) in [5, 5.41) is 0.372. The number of carbonyl (C=O) groups is 1. The van der Waals surface area contributed by atoms with Gasteiger partial charge in [0.25, 0.3) is 5.91 Å². The molecular weight excluding hydrogens is 242 g/mol. The van der Waals surface area contributed by atoms with Gasteiger partial charge in [-0.1, -0.05) is 11.6 Å². The van der Waals surface area contributed by atoms with Crippen molar-refractivity contribution >= 4 is 17.5 Å². The summed E-state index contributed by atoms with van der Waals surface area (Å²) < 4.78 is 10.5. The topological polar surface area (TPSA) is 38.8 Å². The third-order valence-electron chi connectivity index (χ3n) is 2.17. The molecule has 0 radical (unpaired) electrons. The summed E-state index contributed by atoms with van der Waals surface area (Å²) in [6, 6.07) is 3.20. The predicted molar refractivity (Wildman–Crippen MR) is 67.2 cm³/mol. The molecule has 0 N–H and O–H groups in total. The minimum absolute atomic E-state index is 0.131. The van der Waals surface area contributed by atoms with Gasteiger partial charge in [-0.3, -0.25) is 4.79 Å². The highest BCUT2D eigenvalue weighted by atomic mass is 35.5. The summed E-state index contributed by atoms with van der Waals surface area (Å²) in [5.41, 5.74) is 0.473. The molecule has 0 aliphatic rings. The van der Waals surface area contributed by atoms with Crippen LogP contribution in [0.25, 0.3) is 0 Å². The van der Waals surface area contributed by atoms with Crippen molar-refractivity contribution in [2.75, 3.05) is 27.8 Å². The molecule has 94 valence electrons. The maximum absolute atomic E-state index is 11.8. The Labute approximate surface area is 106 Å². The Morgan fingerprint density at radius 2 is 2.06 bits per heavy atom. The highest BCUT2D eigenvalue weighted by Gasteiger charge is 2.16. The number of hydrogen-bond donors (Lipinski definition) is 0. The molecular formula is C12H16ClNO3. The third-order valence-corrected chi connectivity index (χ3v) is 2.45. The van der Waals surface area contributed by atoms with Crippen LogP contribution < -0.4 is 9.47 Å². The number of benzene rings is 1. The van der Waals surface area contributed by atoms with E-state index in [4.69, 9.17) is 21.1 Å². The normalized spacial score (nSPS) is 9.94. The molecule has 0 bridgehead atoms. The van der Waals surface area contributed by atoms with Gasteiger partial charge < -0.3 is 14.4 Å². The Bertz CT molecular complexity index is 418. The Morgan fingerprint density at radius 1 is 1.41 bits per heavy atom. The van der Waals surface area contributed by atoms with Gasteiger partial charge in [-0.15, -0.1) is 0 Å². The van der Waals surface area contributed by atoms with Crippen molar-refractivity contribution in [2.45, 2.75) is 6.92 Å². The summed E-state index contributed by atoms with van der Waals surface area (Å²) >= 11 is 6.07. The molecule has 1 rings (SSSR count).